The summed E-state index contributed by atoms with van der Waals surface area (Å²) >= 11 is 5.08. The summed E-state index contributed by atoms with van der Waals surface area (Å²) in [6.07, 6.45) is 0. The van der Waals surface area contributed by atoms with E-state index in [1.165, 1.54) is 0 Å². The lowest BCUT2D eigenvalue weighted by Crippen LogP contribution is -2.36. The Balaban J connectivity index is 2.30. The monoisotopic (exact) mass is 302 g/mol. The predicted molar refractivity (Wildman–Crippen MR) is 86.4 cm³/mol. The summed E-state index contributed by atoms with van der Waals surface area (Å²) < 4.78 is 5.49. The fourth-order valence-electron chi connectivity index (χ4n) is 2.29. The first-order chi connectivity index (χ1) is 9.91. The molecule has 0 bridgehead atoms. The number of hydrogen-bond donors (Lipinski definition) is 2. The minimum atomic E-state index is -0.497. The van der Waals surface area contributed by atoms with Crippen molar-refractivity contribution in [1.82, 2.24) is 5.32 Å². The zero-order chi connectivity index (χ0) is 15.6. The van der Waals surface area contributed by atoms with E-state index in [0.29, 0.717) is 11.3 Å². The van der Waals surface area contributed by atoms with Gasteiger partial charge in [-0.05, 0) is 26.3 Å². The molecule has 0 saturated heterocycles. The Morgan fingerprint density at radius 1 is 1.19 bits per heavy atom. The molecule has 0 spiro atoms. The number of amides is 1. The summed E-state index contributed by atoms with van der Waals surface area (Å²) in [6.45, 7) is 5.47. The molecule has 0 fully saturated rings. The van der Waals surface area contributed by atoms with Gasteiger partial charge in [0.1, 0.15) is 22.6 Å². The van der Waals surface area contributed by atoms with Gasteiger partial charge >= 0.3 is 0 Å². The highest BCUT2D eigenvalue weighted by Crippen LogP contribution is 2.22. The molecule has 1 aromatic heterocycles. The summed E-state index contributed by atoms with van der Waals surface area (Å²) in [5.74, 6) is 1.10. The molecule has 1 aromatic carbocycles. The molecule has 2 aromatic rings. The van der Waals surface area contributed by atoms with E-state index < -0.39 is 6.04 Å². The average Bonchev–Trinajstić information content (AvgIpc) is 2.70. The molecule has 5 heteroatoms. The van der Waals surface area contributed by atoms with Gasteiger partial charge in [0.15, 0.2) is 0 Å². The zero-order valence-corrected chi connectivity index (χ0v) is 13.1. The van der Waals surface area contributed by atoms with Crippen LogP contribution < -0.4 is 11.1 Å². The molecule has 1 unspecified atom stereocenters. The van der Waals surface area contributed by atoms with Crippen LogP contribution in [0.1, 0.15) is 39.0 Å². The number of rotatable bonds is 4. The topological polar surface area (TPSA) is 68.3 Å². The number of furan rings is 1. The standard InChI is InChI=1S/C16H18N2O2S/c1-9-10(2)20-11(3)13(9)16(19)18-14(15(17)21)12-7-5-4-6-8-12/h4-8,14H,1-3H3,(H2,17,21)(H,18,19). The average molecular weight is 302 g/mol. The van der Waals surface area contributed by atoms with Crippen LogP contribution in [-0.4, -0.2) is 10.9 Å². The normalized spacial score (nSPS) is 12.0. The molecule has 1 heterocycles. The van der Waals surface area contributed by atoms with Gasteiger partial charge in [-0.15, -0.1) is 0 Å². The lowest BCUT2D eigenvalue weighted by atomic mass is 10.1. The van der Waals surface area contributed by atoms with Crippen LogP contribution in [0.5, 0.6) is 0 Å². The zero-order valence-electron chi connectivity index (χ0n) is 12.3. The second-order valence-corrected chi connectivity index (χ2v) is 5.41. The Morgan fingerprint density at radius 2 is 1.81 bits per heavy atom. The van der Waals surface area contributed by atoms with Crippen molar-refractivity contribution in [3.63, 3.8) is 0 Å². The van der Waals surface area contributed by atoms with E-state index >= 15 is 0 Å². The van der Waals surface area contributed by atoms with Crippen LogP contribution in [0.25, 0.3) is 0 Å². The van der Waals surface area contributed by atoms with Crippen molar-refractivity contribution in [1.29, 1.82) is 0 Å². The second-order valence-electron chi connectivity index (χ2n) is 4.93. The van der Waals surface area contributed by atoms with E-state index in [-0.39, 0.29) is 10.9 Å². The maximum atomic E-state index is 12.5. The summed E-state index contributed by atoms with van der Waals surface area (Å²) in [7, 11) is 0. The third-order valence-corrected chi connectivity index (χ3v) is 3.72. The first kappa shape index (κ1) is 15.3. The molecule has 0 saturated carbocycles. The smallest absolute Gasteiger partial charge is 0.255 e. The van der Waals surface area contributed by atoms with Crippen molar-refractivity contribution >= 4 is 23.1 Å². The Kier molecular flexibility index (Phi) is 4.43. The number of benzene rings is 1. The van der Waals surface area contributed by atoms with E-state index in [9.17, 15) is 4.79 Å². The van der Waals surface area contributed by atoms with Gasteiger partial charge in [0.25, 0.3) is 5.91 Å². The summed E-state index contributed by atoms with van der Waals surface area (Å²) in [4.78, 5) is 12.7. The molecule has 0 aliphatic heterocycles. The van der Waals surface area contributed by atoms with Crippen molar-refractivity contribution in [2.24, 2.45) is 5.73 Å². The Morgan fingerprint density at radius 3 is 2.29 bits per heavy atom. The number of aryl methyl sites for hydroxylation is 2. The molecule has 21 heavy (non-hydrogen) atoms. The molecular formula is C16H18N2O2S. The van der Waals surface area contributed by atoms with Crippen LogP contribution in [0, 0.1) is 20.8 Å². The summed E-state index contributed by atoms with van der Waals surface area (Å²) in [5.41, 5.74) is 8.00. The van der Waals surface area contributed by atoms with Crippen LogP contribution in [0.4, 0.5) is 0 Å². The third kappa shape index (κ3) is 3.13. The summed E-state index contributed by atoms with van der Waals surface area (Å²) in [5, 5.41) is 2.88. The molecule has 4 nitrogen and oxygen atoms in total. The first-order valence-corrected chi connectivity index (χ1v) is 7.04. The van der Waals surface area contributed by atoms with E-state index in [1.54, 1.807) is 6.92 Å². The van der Waals surface area contributed by atoms with Crippen LogP contribution in [-0.2, 0) is 0 Å². The van der Waals surface area contributed by atoms with Gasteiger partial charge in [-0.1, -0.05) is 42.5 Å². The molecule has 0 radical (unpaired) electrons. The summed E-state index contributed by atoms with van der Waals surface area (Å²) in [6, 6.07) is 8.92. The predicted octanol–water partition coefficient (Wildman–Crippen LogP) is 2.96. The number of thiocarbonyl (C=S) groups is 1. The number of hydrogen-bond acceptors (Lipinski definition) is 3. The van der Waals surface area contributed by atoms with Crippen LogP contribution >= 0.6 is 12.2 Å². The fourth-order valence-corrected chi connectivity index (χ4v) is 2.49. The highest BCUT2D eigenvalue weighted by Gasteiger charge is 2.23. The van der Waals surface area contributed by atoms with Gasteiger partial charge in [-0.25, -0.2) is 0 Å². The fraction of sp³-hybridized carbons (Fsp3) is 0.250. The number of nitrogens with one attached hydrogen (secondary N) is 1. The SMILES string of the molecule is Cc1oc(C)c(C(=O)NC(C(N)=S)c2ccccc2)c1C. The van der Waals surface area contributed by atoms with E-state index in [2.05, 4.69) is 5.32 Å². The largest absolute Gasteiger partial charge is 0.466 e. The maximum absolute atomic E-state index is 12.5. The van der Waals surface area contributed by atoms with Crippen molar-refractivity contribution < 1.29 is 9.21 Å². The molecule has 0 aliphatic rings. The molecule has 110 valence electrons. The highest BCUT2D eigenvalue weighted by molar-refractivity contribution is 7.80. The lowest BCUT2D eigenvalue weighted by Gasteiger charge is -2.18. The number of carbonyl (C=O) groups excluding carboxylic acids is 1. The Labute approximate surface area is 129 Å². The van der Waals surface area contributed by atoms with Crippen LogP contribution in [0.3, 0.4) is 0 Å². The third-order valence-electron chi connectivity index (χ3n) is 3.48. The molecule has 1 amide bonds. The van der Waals surface area contributed by atoms with Gasteiger partial charge in [0, 0.05) is 5.56 Å². The lowest BCUT2D eigenvalue weighted by molar-refractivity contribution is 0.0945. The van der Waals surface area contributed by atoms with Gasteiger partial charge < -0.3 is 15.5 Å². The van der Waals surface area contributed by atoms with Crippen molar-refractivity contribution in [2.45, 2.75) is 26.8 Å². The Hall–Kier alpha value is -2.14. The molecule has 2 rings (SSSR count). The van der Waals surface area contributed by atoms with Gasteiger partial charge in [0.2, 0.25) is 0 Å². The van der Waals surface area contributed by atoms with Crippen molar-refractivity contribution in [2.75, 3.05) is 0 Å². The van der Waals surface area contributed by atoms with Gasteiger partial charge in [0.05, 0.1) is 5.56 Å². The molecule has 3 N–H and O–H groups in total. The quantitative estimate of drug-likeness (QED) is 0.852. The van der Waals surface area contributed by atoms with Crippen LogP contribution in [0.15, 0.2) is 34.7 Å². The van der Waals surface area contributed by atoms with Crippen LogP contribution in [0.2, 0.25) is 0 Å². The Bertz CT molecular complexity index is 677. The van der Waals surface area contributed by atoms with Gasteiger partial charge in [-0.3, -0.25) is 4.79 Å². The molecule has 0 aliphatic carbocycles. The maximum Gasteiger partial charge on any atom is 0.255 e. The second kappa shape index (κ2) is 6.10. The minimum Gasteiger partial charge on any atom is -0.466 e. The van der Waals surface area contributed by atoms with Gasteiger partial charge in [-0.2, -0.15) is 0 Å². The van der Waals surface area contributed by atoms with E-state index in [4.69, 9.17) is 22.4 Å². The van der Waals surface area contributed by atoms with E-state index in [0.717, 1.165) is 16.9 Å². The van der Waals surface area contributed by atoms with Crippen molar-refractivity contribution in [3.05, 3.63) is 58.5 Å². The van der Waals surface area contributed by atoms with Crippen molar-refractivity contribution in [3.8, 4) is 0 Å². The number of nitrogens with two attached hydrogens (primary N) is 1. The first-order valence-electron chi connectivity index (χ1n) is 6.63. The highest BCUT2D eigenvalue weighted by atomic mass is 32.1. The minimum absolute atomic E-state index is 0.227. The number of carbonyl (C=O) groups is 1. The van der Waals surface area contributed by atoms with E-state index in [1.807, 2.05) is 44.2 Å². The molecule has 1 atom stereocenters. The molecular weight excluding hydrogens is 284 g/mol.